The summed E-state index contributed by atoms with van der Waals surface area (Å²) in [6.45, 7) is 3.13. The molecular formula is C16H18BrNO. The first-order valence-electron chi connectivity index (χ1n) is 6.32. The van der Waals surface area contributed by atoms with Gasteiger partial charge in [-0.2, -0.15) is 0 Å². The van der Waals surface area contributed by atoms with Gasteiger partial charge in [-0.1, -0.05) is 35.0 Å². The minimum Gasteiger partial charge on any atom is -0.497 e. The molecule has 2 rings (SSSR count). The van der Waals surface area contributed by atoms with Crippen LogP contribution >= 0.6 is 15.9 Å². The fraction of sp³-hybridized carbons (Fsp3) is 0.250. The molecule has 19 heavy (non-hydrogen) atoms. The molecule has 0 bridgehead atoms. The Labute approximate surface area is 122 Å². The Morgan fingerprint density at radius 1 is 1.16 bits per heavy atom. The molecule has 0 radical (unpaired) electrons. The molecule has 0 fully saturated rings. The van der Waals surface area contributed by atoms with Gasteiger partial charge in [0.05, 0.1) is 7.11 Å². The van der Waals surface area contributed by atoms with E-state index in [1.807, 2.05) is 30.3 Å². The molecule has 0 saturated carbocycles. The van der Waals surface area contributed by atoms with E-state index in [4.69, 9.17) is 4.74 Å². The summed E-state index contributed by atoms with van der Waals surface area (Å²) in [5.41, 5.74) is 2.44. The van der Waals surface area contributed by atoms with Gasteiger partial charge in [-0.25, -0.2) is 0 Å². The fourth-order valence-corrected chi connectivity index (χ4v) is 2.33. The molecule has 0 aromatic heterocycles. The topological polar surface area (TPSA) is 21.3 Å². The molecule has 0 aliphatic carbocycles. The van der Waals surface area contributed by atoms with E-state index in [1.54, 1.807) is 7.11 Å². The summed E-state index contributed by atoms with van der Waals surface area (Å²) in [6, 6.07) is 16.4. The summed E-state index contributed by atoms with van der Waals surface area (Å²) in [6.07, 6.45) is 0. The minimum absolute atomic E-state index is 0.458. The lowest BCUT2D eigenvalue weighted by molar-refractivity contribution is 0.415. The molecule has 0 amide bonds. The highest BCUT2D eigenvalue weighted by Crippen LogP contribution is 2.21. The monoisotopic (exact) mass is 319 g/mol. The minimum atomic E-state index is 0.458. The average molecular weight is 320 g/mol. The highest BCUT2D eigenvalue weighted by molar-refractivity contribution is 9.10. The lowest BCUT2D eigenvalue weighted by atomic mass is 10.0. The van der Waals surface area contributed by atoms with Crippen molar-refractivity contribution in [1.82, 2.24) is 0 Å². The van der Waals surface area contributed by atoms with Crippen LogP contribution in [-0.2, 0) is 0 Å². The molecule has 0 heterocycles. The lowest BCUT2D eigenvalue weighted by Crippen LogP contribution is -2.09. The second-order valence-corrected chi connectivity index (χ2v) is 5.48. The normalized spacial score (nSPS) is 11.9. The van der Waals surface area contributed by atoms with Crippen molar-refractivity contribution in [2.45, 2.75) is 12.8 Å². The number of nitrogens with one attached hydrogen (secondary N) is 1. The lowest BCUT2D eigenvalue weighted by Gasteiger charge is -2.14. The van der Waals surface area contributed by atoms with Crippen molar-refractivity contribution >= 4 is 21.6 Å². The standard InChI is InChI=1S/C16H18BrNO/c1-12(13-4-3-5-14(17)10-13)11-18-15-6-8-16(19-2)9-7-15/h3-10,12,18H,11H2,1-2H3. The van der Waals surface area contributed by atoms with E-state index in [0.29, 0.717) is 5.92 Å². The van der Waals surface area contributed by atoms with Crippen molar-refractivity contribution in [3.8, 4) is 5.75 Å². The Bertz CT molecular complexity index is 525. The molecule has 2 aromatic carbocycles. The van der Waals surface area contributed by atoms with Gasteiger partial charge in [0, 0.05) is 16.7 Å². The second-order valence-electron chi connectivity index (χ2n) is 4.57. The van der Waals surface area contributed by atoms with Gasteiger partial charge in [0.25, 0.3) is 0 Å². The first kappa shape index (κ1) is 13.9. The number of rotatable bonds is 5. The van der Waals surface area contributed by atoms with E-state index in [9.17, 15) is 0 Å². The van der Waals surface area contributed by atoms with Gasteiger partial charge in [-0.3, -0.25) is 0 Å². The third-order valence-electron chi connectivity index (χ3n) is 3.12. The van der Waals surface area contributed by atoms with Gasteiger partial charge >= 0.3 is 0 Å². The summed E-state index contributed by atoms with van der Waals surface area (Å²) in [5.74, 6) is 1.34. The summed E-state index contributed by atoms with van der Waals surface area (Å²) in [4.78, 5) is 0. The number of halogens is 1. The Morgan fingerprint density at radius 3 is 2.53 bits per heavy atom. The molecule has 0 saturated heterocycles. The molecule has 3 heteroatoms. The molecule has 0 aliphatic heterocycles. The van der Waals surface area contributed by atoms with Gasteiger partial charge in [-0.05, 0) is 47.9 Å². The number of hydrogen-bond donors (Lipinski definition) is 1. The van der Waals surface area contributed by atoms with Crippen LogP contribution in [0.1, 0.15) is 18.4 Å². The van der Waals surface area contributed by atoms with Gasteiger partial charge in [-0.15, -0.1) is 0 Å². The molecule has 1 atom stereocenters. The van der Waals surface area contributed by atoms with Crippen molar-refractivity contribution in [1.29, 1.82) is 0 Å². The maximum atomic E-state index is 5.14. The van der Waals surface area contributed by atoms with E-state index in [0.717, 1.165) is 22.5 Å². The van der Waals surface area contributed by atoms with E-state index in [-0.39, 0.29) is 0 Å². The number of benzene rings is 2. The van der Waals surface area contributed by atoms with E-state index >= 15 is 0 Å². The Hall–Kier alpha value is -1.48. The highest BCUT2D eigenvalue weighted by Gasteiger charge is 2.05. The van der Waals surface area contributed by atoms with E-state index in [2.05, 4.69) is 46.4 Å². The van der Waals surface area contributed by atoms with Crippen molar-refractivity contribution < 1.29 is 4.74 Å². The van der Waals surface area contributed by atoms with Crippen molar-refractivity contribution in [3.63, 3.8) is 0 Å². The van der Waals surface area contributed by atoms with Crippen molar-refractivity contribution in [2.75, 3.05) is 19.0 Å². The second kappa shape index (κ2) is 6.62. The molecule has 1 unspecified atom stereocenters. The summed E-state index contributed by atoms with van der Waals surface area (Å²) in [5, 5.41) is 3.44. The van der Waals surface area contributed by atoms with Crippen LogP contribution in [0, 0.1) is 0 Å². The SMILES string of the molecule is COc1ccc(NCC(C)c2cccc(Br)c2)cc1. The van der Waals surface area contributed by atoms with Crippen LogP contribution in [-0.4, -0.2) is 13.7 Å². The van der Waals surface area contributed by atoms with Crippen LogP contribution in [0.5, 0.6) is 5.75 Å². The summed E-state index contributed by atoms with van der Waals surface area (Å²) in [7, 11) is 1.68. The van der Waals surface area contributed by atoms with E-state index in [1.165, 1.54) is 5.56 Å². The van der Waals surface area contributed by atoms with Gasteiger partial charge in [0.2, 0.25) is 0 Å². The quantitative estimate of drug-likeness (QED) is 0.864. The Kier molecular flexibility index (Phi) is 4.86. The molecular weight excluding hydrogens is 302 g/mol. The Balaban J connectivity index is 1.94. The number of anilines is 1. The summed E-state index contributed by atoms with van der Waals surface area (Å²) < 4.78 is 6.27. The van der Waals surface area contributed by atoms with Crippen LogP contribution in [0.4, 0.5) is 5.69 Å². The fourth-order valence-electron chi connectivity index (χ4n) is 1.91. The van der Waals surface area contributed by atoms with Crippen LogP contribution in [0.15, 0.2) is 53.0 Å². The van der Waals surface area contributed by atoms with Gasteiger partial charge < -0.3 is 10.1 Å². The van der Waals surface area contributed by atoms with Gasteiger partial charge in [0.15, 0.2) is 0 Å². The highest BCUT2D eigenvalue weighted by atomic mass is 79.9. The zero-order valence-electron chi connectivity index (χ0n) is 11.2. The molecule has 1 N–H and O–H groups in total. The molecule has 100 valence electrons. The predicted molar refractivity (Wildman–Crippen MR) is 84.0 cm³/mol. The smallest absolute Gasteiger partial charge is 0.119 e. The summed E-state index contributed by atoms with van der Waals surface area (Å²) >= 11 is 3.51. The molecule has 2 aromatic rings. The zero-order chi connectivity index (χ0) is 13.7. The molecule has 2 nitrogen and oxygen atoms in total. The van der Waals surface area contributed by atoms with Crippen molar-refractivity contribution in [2.24, 2.45) is 0 Å². The number of ether oxygens (including phenoxy) is 1. The number of methoxy groups -OCH3 is 1. The average Bonchev–Trinajstić information content (AvgIpc) is 2.45. The molecule has 0 aliphatic rings. The molecule has 0 spiro atoms. The predicted octanol–water partition coefficient (Wildman–Crippen LogP) is 4.67. The first-order valence-corrected chi connectivity index (χ1v) is 7.11. The number of hydrogen-bond acceptors (Lipinski definition) is 2. The van der Waals surface area contributed by atoms with Crippen molar-refractivity contribution in [3.05, 3.63) is 58.6 Å². The van der Waals surface area contributed by atoms with E-state index < -0.39 is 0 Å². The third kappa shape index (κ3) is 4.00. The largest absolute Gasteiger partial charge is 0.497 e. The van der Waals surface area contributed by atoms with Crippen LogP contribution < -0.4 is 10.1 Å². The first-order chi connectivity index (χ1) is 9.19. The maximum absolute atomic E-state index is 5.14. The zero-order valence-corrected chi connectivity index (χ0v) is 12.8. The van der Waals surface area contributed by atoms with Gasteiger partial charge in [0.1, 0.15) is 5.75 Å². The Morgan fingerprint density at radius 2 is 1.89 bits per heavy atom. The van der Waals surface area contributed by atoms with Crippen LogP contribution in [0.2, 0.25) is 0 Å². The van der Waals surface area contributed by atoms with Crippen LogP contribution in [0.25, 0.3) is 0 Å². The van der Waals surface area contributed by atoms with Crippen LogP contribution in [0.3, 0.4) is 0 Å². The third-order valence-corrected chi connectivity index (χ3v) is 3.61. The maximum Gasteiger partial charge on any atom is 0.119 e.